The first-order valence-electron chi connectivity index (χ1n) is 12.8. The minimum absolute atomic E-state index is 0.129. The Morgan fingerprint density at radius 3 is 2.25 bits per heavy atom. The SMILES string of the molecule is CCCC(CCC)(P=O)c1ccc(NC(=O)C2=Cc3cc(-c4ccc(C)cc4)ccc3OCC2)cc1. The lowest BCUT2D eigenvalue weighted by atomic mass is 9.89. The predicted molar refractivity (Wildman–Crippen MR) is 149 cm³/mol. The van der Waals surface area contributed by atoms with Crippen molar-refractivity contribution in [2.75, 3.05) is 11.9 Å². The molecule has 4 nitrogen and oxygen atoms in total. The predicted octanol–water partition coefficient (Wildman–Crippen LogP) is 8.55. The van der Waals surface area contributed by atoms with Crippen molar-refractivity contribution >= 4 is 26.1 Å². The highest BCUT2D eigenvalue weighted by Crippen LogP contribution is 2.44. The minimum atomic E-state index is -0.355. The second kappa shape index (κ2) is 11.7. The quantitative estimate of drug-likeness (QED) is 0.300. The highest BCUT2D eigenvalue weighted by molar-refractivity contribution is 7.25. The van der Waals surface area contributed by atoms with E-state index >= 15 is 0 Å². The van der Waals surface area contributed by atoms with E-state index in [1.165, 1.54) is 5.56 Å². The molecule has 1 heterocycles. The number of nitrogens with one attached hydrogen (secondary N) is 1. The fraction of sp³-hybridized carbons (Fsp3) is 0.323. The number of carbonyl (C=O) groups is 1. The Bertz CT molecular complexity index is 1240. The zero-order valence-corrected chi connectivity index (χ0v) is 22.2. The Labute approximate surface area is 216 Å². The minimum Gasteiger partial charge on any atom is -0.493 e. The normalized spacial score (nSPS) is 13.4. The number of rotatable bonds is 9. The lowest BCUT2D eigenvalue weighted by Crippen LogP contribution is -2.19. The summed E-state index contributed by atoms with van der Waals surface area (Å²) in [6.07, 6.45) is 6.15. The molecule has 0 fully saturated rings. The maximum atomic E-state index is 13.2. The molecule has 0 aliphatic carbocycles. The van der Waals surface area contributed by atoms with Gasteiger partial charge in [0.05, 0.1) is 11.8 Å². The molecule has 0 aromatic heterocycles. The summed E-state index contributed by atoms with van der Waals surface area (Å²) < 4.78 is 18.1. The van der Waals surface area contributed by atoms with Crippen molar-refractivity contribution in [3.63, 3.8) is 0 Å². The van der Waals surface area contributed by atoms with Gasteiger partial charge in [0.25, 0.3) is 5.91 Å². The van der Waals surface area contributed by atoms with Crippen molar-refractivity contribution in [1.29, 1.82) is 0 Å². The number of ether oxygens (including phenoxy) is 1. The average molecular weight is 500 g/mol. The van der Waals surface area contributed by atoms with Crippen LogP contribution in [0.2, 0.25) is 0 Å². The van der Waals surface area contributed by atoms with Crippen molar-refractivity contribution < 1.29 is 14.1 Å². The molecule has 0 bridgehead atoms. The molecule has 1 amide bonds. The summed E-state index contributed by atoms with van der Waals surface area (Å²) >= 11 is 0. The van der Waals surface area contributed by atoms with Crippen LogP contribution >= 0.6 is 8.46 Å². The average Bonchev–Trinajstić information content (AvgIpc) is 3.11. The van der Waals surface area contributed by atoms with Gasteiger partial charge in [-0.25, -0.2) is 0 Å². The molecule has 1 N–H and O–H groups in total. The van der Waals surface area contributed by atoms with E-state index in [0.717, 1.165) is 59.4 Å². The van der Waals surface area contributed by atoms with Gasteiger partial charge in [0, 0.05) is 23.2 Å². The van der Waals surface area contributed by atoms with Gasteiger partial charge in [-0.05, 0) is 66.8 Å². The summed E-state index contributed by atoms with van der Waals surface area (Å²) in [7, 11) is 0.157. The van der Waals surface area contributed by atoms with Gasteiger partial charge in [-0.1, -0.05) is 74.7 Å². The van der Waals surface area contributed by atoms with Crippen LogP contribution in [-0.4, -0.2) is 12.5 Å². The van der Waals surface area contributed by atoms with E-state index in [1.807, 2.05) is 36.4 Å². The monoisotopic (exact) mass is 499 g/mol. The van der Waals surface area contributed by atoms with Crippen LogP contribution in [0.25, 0.3) is 17.2 Å². The van der Waals surface area contributed by atoms with Crippen LogP contribution in [-0.2, 0) is 14.5 Å². The first-order chi connectivity index (χ1) is 17.5. The van der Waals surface area contributed by atoms with Crippen LogP contribution in [0.4, 0.5) is 5.69 Å². The largest absolute Gasteiger partial charge is 0.493 e. The standard InChI is InChI=1S/C31H34NO3P/c1-4-17-31(36-34,18-5-2)27-11-13-28(14-12-27)32-30(33)25-16-19-35-29-15-10-24(20-26(29)21-25)23-8-6-22(3)7-9-23/h6-15,20-21H,4-5,16-19H2,1-3H3,(H,32,33). The molecule has 186 valence electrons. The van der Waals surface area contributed by atoms with E-state index in [2.05, 4.69) is 62.5 Å². The number of amides is 1. The number of hydrogen-bond acceptors (Lipinski definition) is 3. The van der Waals surface area contributed by atoms with Gasteiger partial charge >= 0.3 is 0 Å². The molecule has 0 atom stereocenters. The fourth-order valence-corrected chi connectivity index (χ4v) is 5.77. The van der Waals surface area contributed by atoms with Gasteiger partial charge in [0.2, 0.25) is 0 Å². The van der Waals surface area contributed by atoms with Crippen molar-refractivity contribution in [3.05, 3.63) is 89.0 Å². The highest BCUT2D eigenvalue weighted by atomic mass is 31.1. The Balaban J connectivity index is 1.54. The molecule has 0 spiro atoms. The zero-order valence-electron chi connectivity index (χ0n) is 21.3. The van der Waals surface area contributed by atoms with Gasteiger partial charge in [0.15, 0.2) is 8.46 Å². The second-order valence-corrected chi connectivity index (χ2v) is 10.6. The molecule has 0 saturated carbocycles. The summed E-state index contributed by atoms with van der Waals surface area (Å²) in [5.41, 5.74) is 6.82. The van der Waals surface area contributed by atoms with E-state index in [9.17, 15) is 9.36 Å². The molecule has 0 unspecified atom stereocenters. The lowest BCUT2D eigenvalue weighted by molar-refractivity contribution is -0.113. The molecule has 3 aromatic carbocycles. The van der Waals surface area contributed by atoms with Crippen LogP contribution in [0.1, 0.15) is 62.6 Å². The lowest BCUT2D eigenvalue weighted by Gasteiger charge is -2.27. The van der Waals surface area contributed by atoms with Crippen molar-refractivity contribution in [3.8, 4) is 16.9 Å². The molecule has 1 aliphatic rings. The summed E-state index contributed by atoms with van der Waals surface area (Å²) in [5, 5.41) is 2.69. The first-order valence-corrected chi connectivity index (χ1v) is 13.6. The van der Waals surface area contributed by atoms with Crippen LogP contribution in [0.3, 0.4) is 0 Å². The van der Waals surface area contributed by atoms with Gasteiger partial charge in [-0.15, -0.1) is 0 Å². The summed E-state index contributed by atoms with van der Waals surface area (Å²) in [6.45, 7) is 6.77. The Morgan fingerprint density at radius 1 is 0.944 bits per heavy atom. The number of benzene rings is 3. The van der Waals surface area contributed by atoms with Gasteiger partial charge in [0.1, 0.15) is 5.75 Å². The maximum Gasteiger partial charge on any atom is 0.251 e. The van der Waals surface area contributed by atoms with Gasteiger partial charge in [-0.2, -0.15) is 0 Å². The van der Waals surface area contributed by atoms with Crippen molar-refractivity contribution in [2.24, 2.45) is 0 Å². The van der Waals surface area contributed by atoms with E-state index in [1.54, 1.807) is 0 Å². The Hall–Kier alpha value is -3.23. The van der Waals surface area contributed by atoms with Crippen LogP contribution in [0.5, 0.6) is 5.75 Å². The Kier molecular flexibility index (Phi) is 8.38. The molecule has 3 aromatic rings. The second-order valence-electron chi connectivity index (χ2n) is 9.54. The molecule has 36 heavy (non-hydrogen) atoms. The van der Waals surface area contributed by atoms with Crippen molar-refractivity contribution in [1.82, 2.24) is 0 Å². The topological polar surface area (TPSA) is 55.4 Å². The summed E-state index contributed by atoms with van der Waals surface area (Å²) in [5.74, 6) is 0.660. The molecule has 5 heteroatoms. The van der Waals surface area contributed by atoms with Gasteiger partial charge in [-0.3, -0.25) is 9.36 Å². The van der Waals surface area contributed by atoms with E-state index in [0.29, 0.717) is 18.6 Å². The van der Waals surface area contributed by atoms with Crippen LogP contribution in [0.15, 0.2) is 72.3 Å². The number of aryl methyl sites for hydroxylation is 1. The number of hydrogen-bond donors (Lipinski definition) is 1. The zero-order chi connectivity index (χ0) is 25.5. The Morgan fingerprint density at radius 2 is 1.61 bits per heavy atom. The third kappa shape index (κ3) is 5.77. The fourth-order valence-electron chi connectivity index (χ4n) is 4.89. The van der Waals surface area contributed by atoms with E-state index in [4.69, 9.17) is 4.74 Å². The molecular weight excluding hydrogens is 465 g/mol. The smallest absolute Gasteiger partial charge is 0.251 e. The van der Waals surface area contributed by atoms with Crippen LogP contribution < -0.4 is 10.1 Å². The molecule has 1 aliphatic heterocycles. The van der Waals surface area contributed by atoms with E-state index < -0.39 is 0 Å². The maximum absolute atomic E-state index is 13.2. The number of anilines is 1. The first kappa shape index (κ1) is 25.9. The summed E-state index contributed by atoms with van der Waals surface area (Å²) in [6, 6.07) is 22.4. The van der Waals surface area contributed by atoms with Crippen molar-refractivity contribution in [2.45, 2.75) is 58.0 Å². The summed E-state index contributed by atoms with van der Waals surface area (Å²) in [4.78, 5) is 13.2. The number of fused-ring (bicyclic) bond motifs is 1. The van der Waals surface area contributed by atoms with Gasteiger partial charge < -0.3 is 10.1 Å². The molecule has 0 radical (unpaired) electrons. The third-order valence-corrected chi connectivity index (χ3v) is 7.88. The molecular formula is C31H34NO3P. The third-order valence-electron chi connectivity index (χ3n) is 6.83. The molecule has 4 rings (SSSR count). The van der Waals surface area contributed by atoms with E-state index in [-0.39, 0.29) is 19.5 Å². The number of carbonyl (C=O) groups excluding carboxylic acids is 1. The van der Waals surface area contributed by atoms with Crippen LogP contribution in [0, 0.1) is 6.92 Å². The highest BCUT2D eigenvalue weighted by Gasteiger charge is 2.31. The molecule has 0 saturated heterocycles.